The molecule has 10 nitrogen and oxygen atoms in total. The summed E-state index contributed by atoms with van der Waals surface area (Å²) in [6, 6.07) is 20.9. The van der Waals surface area contributed by atoms with Gasteiger partial charge in [-0.2, -0.15) is 0 Å². The number of methoxy groups -OCH3 is 1. The van der Waals surface area contributed by atoms with Crippen molar-refractivity contribution in [2.45, 2.75) is 38.0 Å². The maximum atomic E-state index is 13.1. The zero-order chi connectivity index (χ0) is 29.9. The molecular weight excluding hydrogens is 538 g/mol. The Morgan fingerprint density at radius 2 is 1.67 bits per heavy atom. The van der Waals surface area contributed by atoms with Gasteiger partial charge >= 0.3 is 5.97 Å². The third kappa shape index (κ3) is 8.18. The number of carbonyl (C=O) groups excluding carboxylic acids is 3. The second-order valence-electron chi connectivity index (χ2n) is 9.76. The van der Waals surface area contributed by atoms with Crippen molar-refractivity contribution in [2.75, 3.05) is 31.4 Å². The normalized spacial score (nSPS) is 16.1. The number of esters is 1. The second-order valence-corrected chi connectivity index (χ2v) is 9.76. The summed E-state index contributed by atoms with van der Waals surface area (Å²) in [7, 11) is 1.33. The molecule has 2 atom stereocenters. The van der Waals surface area contributed by atoms with Crippen LogP contribution in [0.2, 0.25) is 0 Å². The third-order valence-corrected chi connectivity index (χ3v) is 6.78. The summed E-state index contributed by atoms with van der Waals surface area (Å²) in [5.74, 6) is -1.18. The molecule has 3 aromatic carbocycles. The molecule has 0 radical (unpaired) electrons. The van der Waals surface area contributed by atoms with Gasteiger partial charge in [0.2, 0.25) is 6.29 Å². The fourth-order valence-corrected chi connectivity index (χ4v) is 4.41. The minimum absolute atomic E-state index is 0.0743. The summed E-state index contributed by atoms with van der Waals surface area (Å²) in [5, 5.41) is 14.7. The Bertz CT molecular complexity index is 1400. The van der Waals surface area contributed by atoms with E-state index in [0.717, 1.165) is 11.1 Å². The molecule has 1 aliphatic heterocycles. The van der Waals surface area contributed by atoms with Crippen LogP contribution in [0.1, 0.15) is 57.0 Å². The number of ether oxygens (including phenoxy) is 3. The average molecular weight is 574 g/mol. The molecular formula is C32H35N3O7. The molecule has 1 heterocycles. The Morgan fingerprint density at radius 3 is 2.36 bits per heavy atom. The Kier molecular flexibility index (Phi) is 10.7. The lowest BCUT2D eigenvalue weighted by atomic mass is 9.92. The average Bonchev–Trinajstić information content (AvgIpc) is 3.02. The van der Waals surface area contributed by atoms with Crippen molar-refractivity contribution in [3.8, 4) is 0 Å². The van der Waals surface area contributed by atoms with E-state index in [9.17, 15) is 14.4 Å². The van der Waals surface area contributed by atoms with Gasteiger partial charge in [0.1, 0.15) is 0 Å². The minimum Gasteiger partial charge on any atom is -0.465 e. The highest BCUT2D eigenvalue weighted by Crippen LogP contribution is 2.32. The third-order valence-electron chi connectivity index (χ3n) is 6.78. The van der Waals surface area contributed by atoms with Gasteiger partial charge in [-0.1, -0.05) is 36.4 Å². The van der Waals surface area contributed by atoms with E-state index in [1.807, 2.05) is 12.1 Å². The van der Waals surface area contributed by atoms with Crippen molar-refractivity contribution in [3.05, 3.63) is 107 Å². The lowest BCUT2D eigenvalue weighted by molar-refractivity contribution is -0.146. The topological polar surface area (TPSA) is 149 Å². The van der Waals surface area contributed by atoms with E-state index in [-0.39, 0.29) is 30.7 Å². The van der Waals surface area contributed by atoms with E-state index in [2.05, 4.69) is 10.6 Å². The summed E-state index contributed by atoms with van der Waals surface area (Å²) in [6.07, 6.45) is 2.84. The van der Waals surface area contributed by atoms with Gasteiger partial charge in [0.15, 0.2) is 5.76 Å². The van der Waals surface area contributed by atoms with Crippen LogP contribution < -0.4 is 16.4 Å². The Hall–Kier alpha value is -4.67. The van der Waals surface area contributed by atoms with Crippen LogP contribution in [-0.4, -0.2) is 49.5 Å². The molecule has 10 heteroatoms. The molecule has 0 aromatic heterocycles. The SMILES string of the molecule is COC(=O)c1ccc(C2C=C(C(=O)NCc3ccc(C(=O)Nc4ccccc4N)cc3)OC(OCCCCO)C2)cc1. The van der Waals surface area contributed by atoms with E-state index < -0.39 is 18.2 Å². The molecule has 2 unspecified atom stereocenters. The Balaban J connectivity index is 1.40. The number of benzene rings is 3. The molecule has 42 heavy (non-hydrogen) atoms. The number of aliphatic hydroxyl groups is 1. The number of hydrogen-bond acceptors (Lipinski definition) is 8. The standard InChI is InChI=1S/C32H35N3O7/c1-40-32(39)24-14-12-22(13-15-24)25-18-28(42-29(19-25)41-17-5-4-16-36)31(38)34-20-21-8-10-23(11-9-21)30(37)35-27-7-3-2-6-26(27)33/h2-3,6-15,18,25,29,36H,4-5,16-17,19-20,33H2,1H3,(H,34,38)(H,35,37). The summed E-state index contributed by atoms with van der Waals surface area (Å²) in [6.45, 7) is 0.670. The number of allylic oxidation sites excluding steroid dienone is 1. The first-order chi connectivity index (χ1) is 20.4. The number of carbonyl (C=O) groups is 3. The van der Waals surface area contributed by atoms with Gasteiger partial charge in [-0.3, -0.25) is 9.59 Å². The van der Waals surface area contributed by atoms with Crippen LogP contribution in [0.4, 0.5) is 11.4 Å². The molecule has 5 N–H and O–H groups in total. The number of nitrogen functional groups attached to an aromatic ring is 1. The van der Waals surface area contributed by atoms with Crippen LogP contribution >= 0.6 is 0 Å². The molecule has 220 valence electrons. The van der Waals surface area contributed by atoms with E-state index in [1.54, 1.807) is 66.7 Å². The van der Waals surface area contributed by atoms with E-state index >= 15 is 0 Å². The first-order valence-electron chi connectivity index (χ1n) is 13.7. The van der Waals surface area contributed by atoms with E-state index in [0.29, 0.717) is 48.4 Å². The van der Waals surface area contributed by atoms with Crippen molar-refractivity contribution in [1.29, 1.82) is 0 Å². The predicted molar refractivity (Wildman–Crippen MR) is 157 cm³/mol. The first-order valence-corrected chi connectivity index (χ1v) is 13.7. The summed E-state index contributed by atoms with van der Waals surface area (Å²) in [4.78, 5) is 37.6. The number of aliphatic hydroxyl groups excluding tert-OH is 1. The molecule has 0 bridgehead atoms. The van der Waals surface area contributed by atoms with Gasteiger partial charge in [0.05, 0.1) is 30.7 Å². The van der Waals surface area contributed by atoms with Crippen LogP contribution in [0.5, 0.6) is 0 Å². The van der Waals surface area contributed by atoms with Gasteiger partial charge < -0.3 is 35.7 Å². The first kappa shape index (κ1) is 30.3. The van der Waals surface area contributed by atoms with Gasteiger partial charge in [0, 0.05) is 31.1 Å². The molecule has 4 rings (SSSR count). The van der Waals surface area contributed by atoms with Crippen LogP contribution in [0.15, 0.2) is 84.6 Å². The molecule has 0 spiro atoms. The van der Waals surface area contributed by atoms with Crippen molar-refractivity contribution in [3.63, 3.8) is 0 Å². The molecule has 0 fully saturated rings. The molecule has 0 saturated carbocycles. The molecule has 2 amide bonds. The minimum atomic E-state index is -0.656. The van der Waals surface area contributed by atoms with Crippen molar-refractivity contribution < 1.29 is 33.7 Å². The maximum absolute atomic E-state index is 13.1. The van der Waals surface area contributed by atoms with Crippen LogP contribution in [0, 0.1) is 0 Å². The Labute approximate surface area is 244 Å². The fourth-order valence-electron chi connectivity index (χ4n) is 4.41. The Morgan fingerprint density at radius 1 is 0.952 bits per heavy atom. The zero-order valence-electron chi connectivity index (χ0n) is 23.4. The number of para-hydroxylation sites is 2. The van der Waals surface area contributed by atoms with Crippen LogP contribution in [0.3, 0.4) is 0 Å². The number of amides is 2. The number of anilines is 2. The number of nitrogens with two attached hydrogens (primary N) is 1. The predicted octanol–water partition coefficient (Wildman–Crippen LogP) is 4.13. The van der Waals surface area contributed by atoms with Crippen molar-refractivity contribution >= 4 is 29.2 Å². The highest BCUT2D eigenvalue weighted by atomic mass is 16.7. The highest BCUT2D eigenvalue weighted by Gasteiger charge is 2.29. The summed E-state index contributed by atoms with van der Waals surface area (Å²) >= 11 is 0. The lowest BCUT2D eigenvalue weighted by Gasteiger charge is -2.29. The molecule has 0 aliphatic carbocycles. The number of hydrogen-bond donors (Lipinski definition) is 4. The van der Waals surface area contributed by atoms with E-state index in [1.165, 1.54) is 7.11 Å². The second kappa shape index (κ2) is 14.8. The van der Waals surface area contributed by atoms with Gasteiger partial charge in [-0.25, -0.2) is 4.79 Å². The van der Waals surface area contributed by atoms with Crippen LogP contribution in [0.25, 0.3) is 0 Å². The molecule has 3 aromatic rings. The number of rotatable bonds is 12. The molecule has 1 aliphatic rings. The highest BCUT2D eigenvalue weighted by molar-refractivity contribution is 6.05. The maximum Gasteiger partial charge on any atom is 0.337 e. The summed E-state index contributed by atoms with van der Waals surface area (Å²) in [5.41, 5.74) is 9.49. The zero-order valence-corrected chi connectivity index (χ0v) is 23.4. The summed E-state index contributed by atoms with van der Waals surface area (Å²) < 4.78 is 16.5. The van der Waals surface area contributed by atoms with Crippen LogP contribution in [-0.2, 0) is 25.5 Å². The monoisotopic (exact) mass is 573 g/mol. The largest absolute Gasteiger partial charge is 0.465 e. The van der Waals surface area contributed by atoms with Crippen molar-refractivity contribution in [1.82, 2.24) is 5.32 Å². The molecule has 0 saturated heterocycles. The van der Waals surface area contributed by atoms with Crippen molar-refractivity contribution in [2.24, 2.45) is 0 Å². The smallest absolute Gasteiger partial charge is 0.337 e. The van der Waals surface area contributed by atoms with E-state index in [4.69, 9.17) is 25.1 Å². The number of nitrogens with one attached hydrogen (secondary N) is 2. The van der Waals surface area contributed by atoms with Gasteiger partial charge in [-0.05, 0) is 66.4 Å². The van der Waals surface area contributed by atoms with Gasteiger partial charge in [0.25, 0.3) is 11.8 Å². The fraction of sp³-hybridized carbons (Fsp3) is 0.281. The van der Waals surface area contributed by atoms with Gasteiger partial charge in [-0.15, -0.1) is 0 Å². The quantitative estimate of drug-likeness (QED) is 0.144. The number of unbranched alkanes of at least 4 members (excludes halogenated alkanes) is 1. The lowest BCUT2D eigenvalue weighted by Crippen LogP contribution is -2.32.